The molecule has 1 fully saturated rings. The highest BCUT2D eigenvalue weighted by Gasteiger charge is 2.16. The van der Waals surface area contributed by atoms with Gasteiger partial charge < -0.3 is 4.90 Å². The smallest absolute Gasteiger partial charge is 0.0238 e. The topological polar surface area (TPSA) is 3.24 Å². The second kappa shape index (κ2) is 6.10. The minimum Gasteiger partial charge on any atom is -0.301 e. The number of alkyl halides is 1. The van der Waals surface area contributed by atoms with Crippen LogP contribution in [0, 0.1) is 0 Å². The number of rotatable bonds is 3. The van der Waals surface area contributed by atoms with Crippen molar-refractivity contribution in [1.82, 2.24) is 4.90 Å². The van der Waals surface area contributed by atoms with Gasteiger partial charge in [-0.2, -0.15) is 0 Å². The SMILES string of the molecule is CC(CCCl)N1CCCC1.Cl. The van der Waals surface area contributed by atoms with E-state index < -0.39 is 0 Å². The maximum Gasteiger partial charge on any atom is 0.0238 e. The average Bonchev–Trinajstić information content (AvgIpc) is 2.38. The van der Waals surface area contributed by atoms with Crippen LogP contribution in [0.1, 0.15) is 26.2 Å². The maximum absolute atomic E-state index is 5.65. The van der Waals surface area contributed by atoms with Crippen LogP contribution >= 0.6 is 24.0 Å². The summed E-state index contributed by atoms with van der Waals surface area (Å²) in [5.41, 5.74) is 0. The van der Waals surface area contributed by atoms with Crippen molar-refractivity contribution in [3.63, 3.8) is 0 Å². The maximum atomic E-state index is 5.65. The normalized spacial score (nSPS) is 21.3. The molecule has 0 aromatic carbocycles. The van der Waals surface area contributed by atoms with Crippen LogP contribution in [0.2, 0.25) is 0 Å². The van der Waals surface area contributed by atoms with Gasteiger partial charge in [0.2, 0.25) is 0 Å². The highest BCUT2D eigenvalue weighted by atomic mass is 35.5. The Bertz CT molecular complexity index is 92.1. The van der Waals surface area contributed by atoms with Gasteiger partial charge >= 0.3 is 0 Å². The zero-order valence-electron chi connectivity index (χ0n) is 7.05. The van der Waals surface area contributed by atoms with Crippen molar-refractivity contribution in [1.29, 1.82) is 0 Å². The molecule has 0 amide bonds. The first-order chi connectivity index (χ1) is 4.84. The van der Waals surface area contributed by atoms with Crippen LogP contribution in [0.25, 0.3) is 0 Å². The minimum atomic E-state index is 0. The molecule has 1 rings (SSSR count). The van der Waals surface area contributed by atoms with Crippen molar-refractivity contribution in [3.05, 3.63) is 0 Å². The molecule has 0 bridgehead atoms. The lowest BCUT2D eigenvalue weighted by Crippen LogP contribution is -2.30. The van der Waals surface area contributed by atoms with Gasteiger partial charge in [-0.05, 0) is 39.3 Å². The summed E-state index contributed by atoms with van der Waals surface area (Å²) in [6.45, 7) is 4.85. The summed E-state index contributed by atoms with van der Waals surface area (Å²) < 4.78 is 0. The van der Waals surface area contributed by atoms with Crippen LogP contribution < -0.4 is 0 Å². The molecule has 0 aliphatic carbocycles. The fraction of sp³-hybridized carbons (Fsp3) is 1.00. The monoisotopic (exact) mass is 197 g/mol. The van der Waals surface area contributed by atoms with Crippen LogP contribution in [0.15, 0.2) is 0 Å². The van der Waals surface area contributed by atoms with E-state index in [-0.39, 0.29) is 12.4 Å². The van der Waals surface area contributed by atoms with Crippen molar-refractivity contribution in [2.24, 2.45) is 0 Å². The van der Waals surface area contributed by atoms with Crippen LogP contribution in [0.4, 0.5) is 0 Å². The molecule has 1 aliphatic rings. The summed E-state index contributed by atoms with van der Waals surface area (Å²) in [6.07, 6.45) is 3.90. The van der Waals surface area contributed by atoms with Gasteiger partial charge in [-0.25, -0.2) is 0 Å². The molecule has 11 heavy (non-hydrogen) atoms. The first kappa shape index (κ1) is 11.5. The van der Waals surface area contributed by atoms with E-state index in [1.165, 1.54) is 25.9 Å². The van der Waals surface area contributed by atoms with Crippen molar-refractivity contribution in [3.8, 4) is 0 Å². The van der Waals surface area contributed by atoms with Gasteiger partial charge in [-0.3, -0.25) is 0 Å². The largest absolute Gasteiger partial charge is 0.301 e. The molecule has 0 aromatic rings. The fourth-order valence-electron chi connectivity index (χ4n) is 1.52. The summed E-state index contributed by atoms with van der Waals surface area (Å²) in [6, 6.07) is 0.708. The number of hydrogen-bond acceptors (Lipinski definition) is 1. The molecule has 1 nitrogen and oxygen atoms in total. The van der Waals surface area contributed by atoms with Gasteiger partial charge in [-0.15, -0.1) is 24.0 Å². The zero-order valence-corrected chi connectivity index (χ0v) is 8.63. The molecule has 1 aliphatic heterocycles. The molecule has 0 spiro atoms. The van der Waals surface area contributed by atoms with E-state index in [0.29, 0.717) is 6.04 Å². The standard InChI is InChI=1S/C8H16ClN.ClH/c1-8(4-5-9)10-6-2-3-7-10;/h8H,2-7H2,1H3;1H. The molecule has 68 valence electrons. The Balaban J connectivity index is 0.000001000. The molecule has 1 saturated heterocycles. The fourth-order valence-corrected chi connectivity index (χ4v) is 1.84. The predicted octanol–water partition coefficient (Wildman–Crippen LogP) is 2.52. The van der Waals surface area contributed by atoms with Crippen LogP contribution in [0.5, 0.6) is 0 Å². The zero-order chi connectivity index (χ0) is 7.40. The average molecular weight is 198 g/mol. The van der Waals surface area contributed by atoms with Crippen molar-refractivity contribution >= 4 is 24.0 Å². The van der Waals surface area contributed by atoms with Gasteiger partial charge in [0.15, 0.2) is 0 Å². The van der Waals surface area contributed by atoms with Crippen molar-refractivity contribution in [2.45, 2.75) is 32.2 Å². The van der Waals surface area contributed by atoms with E-state index in [9.17, 15) is 0 Å². The summed E-state index contributed by atoms with van der Waals surface area (Å²) >= 11 is 5.65. The number of hydrogen-bond donors (Lipinski definition) is 0. The van der Waals surface area contributed by atoms with Crippen LogP contribution in [0.3, 0.4) is 0 Å². The quantitative estimate of drug-likeness (QED) is 0.630. The van der Waals surface area contributed by atoms with Gasteiger partial charge in [0.25, 0.3) is 0 Å². The lowest BCUT2D eigenvalue weighted by atomic mass is 10.2. The van der Waals surface area contributed by atoms with Crippen LogP contribution in [-0.2, 0) is 0 Å². The Morgan fingerprint density at radius 3 is 2.36 bits per heavy atom. The Labute approximate surface area is 80.5 Å². The van der Waals surface area contributed by atoms with Gasteiger partial charge in [0.05, 0.1) is 0 Å². The van der Waals surface area contributed by atoms with E-state index in [0.717, 1.165) is 12.3 Å². The van der Waals surface area contributed by atoms with Gasteiger partial charge in [-0.1, -0.05) is 0 Å². The van der Waals surface area contributed by atoms with E-state index in [4.69, 9.17) is 11.6 Å². The second-order valence-corrected chi connectivity index (χ2v) is 3.45. The second-order valence-electron chi connectivity index (χ2n) is 3.07. The number of nitrogens with zero attached hydrogens (tertiary/aromatic N) is 1. The third-order valence-corrected chi connectivity index (χ3v) is 2.51. The Morgan fingerprint density at radius 1 is 1.36 bits per heavy atom. The lowest BCUT2D eigenvalue weighted by molar-refractivity contribution is 0.254. The lowest BCUT2D eigenvalue weighted by Gasteiger charge is -2.22. The third kappa shape index (κ3) is 3.64. The Morgan fingerprint density at radius 2 is 1.91 bits per heavy atom. The van der Waals surface area contributed by atoms with E-state index in [1.807, 2.05) is 0 Å². The predicted molar refractivity (Wildman–Crippen MR) is 52.9 cm³/mol. The third-order valence-electron chi connectivity index (χ3n) is 2.29. The van der Waals surface area contributed by atoms with Crippen molar-refractivity contribution in [2.75, 3.05) is 19.0 Å². The number of halogens is 2. The first-order valence-corrected chi connectivity index (χ1v) is 4.68. The van der Waals surface area contributed by atoms with Crippen molar-refractivity contribution < 1.29 is 0 Å². The van der Waals surface area contributed by atoms with E-state index in [2.05, 4.69) is 11.8 Å². The molecular weight excluding hydrogens is 181 g/mol. The van der Waals surface area contributed by atoms with Gasteiger partial charge in [0.1, 0.15) is 0 Å². The minimum absolute atomic E-state index is 0. The molecule has 0 aromatic heterocycles. The molecule has 1 unspecified atom stereocenters. The molecule has 0 N–H and O–H groups in total. The molecule has 0 radical (unpaired) electrons. The summed E-state index contributed by atoms with van der Waals surface area (Å²) in [5.74, 6) is 0.803. The van der Waals surface area contributed by atoms with E-state index in [1.54, 1.807) is 0 Å². The summed E-state index contributed by atoms with van der Waals surface area (Å²) in [7, 11) is 0. The molecule has 1 atom stereocenters. The highest BCUT2D eigenvalue weighted by Crippen LogP contribution is 2.13. The first-order valence-electron chi connectivity index (χ1n) is 4.14. The summed E-state index contributed by atoms with van der Waals surface area (Å²) in [5, 5.41) is 0. The Hall–Kier alpha value is 0.540. The van der Waals surface area contributed by atoms with E-state index >= 15 is 0 Å². The molecule has 1 heterocycles. The molecule has 0 saturated carbocycles. The summed E-state index contributed by atoms with van der Waals surface area (Å²) in [4.78, 5) is 2.53. The van der Waals surface area contributed by atoms with Crippen LogP contribution in [-0.4, -0.2) is 29.9 Å². The molecular formula is C8H17Cl2N. The molecule has 3 heteroatoms. The van der Waals surface area contributed by atoms with Gasteiger partial charge in [0, 0.05) is 11.9 Å². The Kier molecular flexibility index (Phi) is 6.40. The highest BCUT2D eigenvalue weighted by molar-refractivity contribution is 6.17. The number of likely N-dealkylation sites (tertiary alicyclic amines) is 1.